The Morgan fingerprint density at radius 1 is 1.31 bits per heavy atom. The zero-order valence-corrected chi connectivity index (χ0v) is 19.6. The molecule has 1 saturated heterocycles. The van der Waals surface area contributed by atoms with Crippen LogP contribution in [-0.2, 0) is 17.8 Å². The molecule has 2 heterocycles. The van der Waals surface area contributed by atoms with Gasteiger partial charge < -0.3 is 24.6 Å². The van der Waals surface area contributed by atoms with Crippen LogP contribution in [0.25, 0.3) is 0 Å². The second-order valence-corrected chi connectivity index (χ2v) is 6.84. The van der Waals surface area contributed by atoms with Gasteiger partial charge in [-0.15, -0.1) is 24.0 Å². The number of ether oxygens (including phenoxy) is 2. The van der Waals surface area contributed by atoms with Crippen LogP contribution >= 0.6 is 24.0 Å². The molecule has 1 aromatic heterocycles. The predicted molar refractivity (Wildman–Crippen MR) is 122 cm³/mol. The molecule has 9 heteroatoms. The van der Waals surface area contributed by atoms with Gasteiger partial charge in [-0.2, -0.15) is 4.98 Å². The van der Waals surface area contributed by atoms with Crippen molar-refractivity contribution in [3.8, 4) is 5.75 Å². The van der Waals surface area contributed by atoms with E-state index in [1.165, 1.54) is 0 Å². The molecular weight excluding hydrogens is 485 g/mol. The number of aryl methyl sites for hydroxylation is 2. The highest BCUT2D eigenvalue weighted by Gasteiger charge is 2.17. The van der Waals surface area contributed by atoms with Gasteiger partial charge in [0.1, 0.15) is 12.4 Å². The number of hydrogen-bond acceptors (Lipinski definition) is 6. The van der Waals surface area contributed by atoms with Crippen LogP contribution in [0, 0.1) is 13.8 Å². The molecule has 8 nitrogen and oxygen atoms in total. The van der Waals surface area contributed by atoms with Gasteiger partial charge >= 0.3 is 0 Å². The van der Waals surface area contributed by atoms with Crippen molar-refractivity contribution in [2.45, 2.75) is 52.8 Å². The number of guanidine groups is 1. The van der Waals surface area contributed by atoms with Crippen LogP contribution in [0.5, 0.6) is 5.75 Å². The largest absolute Gasteiger partial charge is 0.491 e. The summed E-state index contributed by atoms with van der Waals surface area (Å²) in [5, 5.41) is 10.3. The highest BCUT2D eigenvalue weighted by Crippen LogP contribution is 2.23. The van der Waals surface area contributed by atoms with Crippen molar-refractivity contribution in [3.05, 3.63) is 41.0 Å². The van der Waals surface area contributed by atoms with Crippen LogP contribution in [0.15, 0.2) is 27.7 Å². The van der Waals surface area contributed by atoms with E-state index in [-0.39, 0.29) is 30.1 Å². The van der Waals surface area contributed by atoms with E-state index in [9.17, 15) is 0 Å². The maximum absolute atomic E-state index is 6.06. The Kier molecular flexibility index (Phi) is 9.65. The van der Waals surface area contributed by atoms with Gasteiger partial charge in [-0.1, -0.05) is 17.3 Å². The lowest BCUT2D eigenvalue weighted by Gasteiger charge is -2.15. The smallest absolute Gasteiger partial charge is 0.223 e. The lowest BCUT2D eigenvalue weighted by atomic mass is 10.1. The minimum absolute atomic E-state index is 0. The molecule has 1 aliphatic heterocycles. The molecular formula is C20H30IN5O3. The Bertz CT molecular complexity index is 790. The number of hydrogen-bond donors (Lipinski definition) is 2. The summed E-state index contributed by atoms with van der Waals surface area (Å²) in [4.78, 5) is 8.86. The summed E-state index contributed by atoms with van der Waals surface area (Å²) in [6, 6.07) is 6.20. The number of halogens is 1. The van der Waals surface area contributed by atoms with E-state index in [0.29, 0.717) is 37.4 Å². The zero-order valence-electron chi connectivity index (χ0n) is 17.2. The van der Waals surface area contributed by atoms with E-state index in [4.69, 9.17) is 14.0 Å². The van der Waals surface area contributed by atoms with E-state index >= 15 is 0 Å². The van der Waals surface area contributed by atoms with Crippen LogP contribution in [0.2, 0.25) is 0 Å². The second kappa shape index (κ2) is 12.0. The first kappa shape index (κ1) is 23.4. The van der Waals surface area contributed by atoms with Crippen molar-refractivity contribution < 1.29 is 14.0 Å². The Morgan fingerprint density at radius 2 is 2.17 bits per heavy atom. The van der Waals surface area contributed by atoms with Gasteiger partial charge in [0.2, 0.25) is 5.89 Å². The molecule has 3 rings (SSSR count). The standard InChI is InChI=1S/C20H29N5O3.HI/c1-4-21-20(23-12-19-24-15(3)28-25-19)22-11-16-8-7-14(2)10-18(16)27-13-17-6-5-9-26-17;/h7-8,10,17H,4-6,9,11-13H2,1-3H3,(H2,21,22,23);1H. The SMILES string of the molecule is CCNC(=NCc1ccc(C)cc1OCC1CCCO1)NCc1noc(C)n1.I. The monoisotopic (exact) mass is 515 g/mol. The lowest BCUT2D eigenvalue weighted by molar-refractivity contribution is 0.0676. The normalized spacial score (nSPS) is 16.4. The molecule has 2 N–H and O–H groups in total. The van der Waals surface area contributed by atoms with Crippen molar-refractivity contribution in [2.75, 3.05) is 19.8 Å². The molecule has 0 aliphatic carbocycles. The molecule has 0 bridgehead atoms. The van der Waals surface area contributed by atoms with Crippen LogP contribution in [-0.4, -0.2) is 42.0 Å². The summed E-state index contributed by atoms with van der Waals surface area (Å²) in [5.74, 6) is 2.70. The lowest BCUT2D eigenvalue weighted by Crippen LogP contribution is -2.37. The molecule has 0 saturated carbocycles. The first-order valence-corrected chi connectivity index (χ1v) is 9.79. The first-order chi connectivity index (χ1) is 13.6. The molecule has 1 fully saturated rings. The fourth-order valence-corrected chi connectivity index (χ4v) is 2.97. The first-order valence-electron chi connectivity index (χ1n) is 9.79. The zero-order chi connectivity index (χ0) is 19.8. The molecule has 29 heavy (non-hydrogen) atoms. The maximum atomic E-state index is 6.06. The highest BCUT2D eigenvalue weighted by molar-refractivity contribution is 14.0. The average molecular weight is 515 g/mol. The van der Waals surface area contributed by atoms with Crippen molar-refractivity contribution in [1.29, 1.82) is 0 Å². The number of rotatable bonds is 8. The third-order valence-electron chi connectivity index (χ3n) is 4.41. The van der Waals surface area contributed by atoms with Gasteiger partial charge in [-0.25, -0.2) is 4.99 Å². The quantitative estimate of drug-likeness (QED) is 0.317. The van der Waals surface area contributed by atoms with E-state index in [2.05, 4.69) is 50.9 Å². The fourth-order valence-electron chi connectivity index (χ4n) is 2.97. The Labute approximate surface area is 188 Å². The third kappa shape index (κ3) is 7.46. The minimum atomic E-state index is 0. The number of aromatic nitrogens is 2. The van der Waals surface area contributed by atoms with Gasteiger partial charge in [0.25, 0.3) is 0 Å². The summed E-state index contributed by atoms with van der Waals surface area (Å²) in [6.45, 7) is 8.97. The van der Waals surface area contributed by atoms with Crippen molar-refractivity contribution in [2.24, 2.45) is 4.99 Å². The fraction of sp³-hybridized carbons (Fsp3) is 0.550. The van der Waals surface area contributed by atoms with E-state index in [1.807, 2.05) is 6.92 Å². The summed E-state index contributed by atoms with van der Waals surface area (Å²) < 4.78 is 16.7. The van der Waals surface area contributed by atoms with Crippen LogP contribution < -0.4 is 15.4 Å². The topological polar surface area (TPSA) is 93.8 Å². The summed E-state index contributed by atoms with van der Waals surface area (Å²) in [7, 11) is 0. The van der Waals surface area contributed by atoms with Crippen molar-refractivity contribution >= 4 is 29.9 Å². The van der Waals surface area contributed by atoms with Gasteiger partial charge in [-0.3, -0.25) is 0 Å². The average Bonchev–Trinajstić information content (AvgIpc) is 3.35. The number of benzene rings is 1. The number of nitrogens with zero attached hydrogens (tertiary/aromatic N) is 3. The molecule has 1 unspecified atom stereocenters. The number of aliphatic imine (C=N–C) groups is 1. The third-order valence-corrected chi connectivity index (χ3v) is 4.41. The van der Waals surface area contributed by atoms with Crippen LogP contribution in [0.4, 0.5) is 0 Å². The van der Waals surface area contributed by atoms with Crippen LogP contribution in [0.3, 0.4) is 0 Å². The maximum Gasteiger partial charge on any atom is 0.223 e. The van der Waals surface area contributed by atoms with E-state index in [1.54, 1.807) is 6.92 Å². The Balaban J connectivity index is 0.00000300. The van der Waals surface area contributed by atoms with E-state index in [0.717, 1.165) is 42.9 Å². The van der Waals surface area contributed by atoms with Gasteiger partial charge in [-0.05, 0) is 38.3 Å². The van der Waals surface area contributed by atoms with E-state index < -0.39 is 0 Å². The Morgan fingerprint density at radius 3 is 2.86 bits per heavy atom. The van der Waals surface area contributed by atoms with Crippen molar-refractivity contribution in [3.63, 3.8) is 0 Å². The Hall–Kier alpha value is -1.88. The summed E-state index contributed by atoms with van der Waals surface area (Å²) in [6.07, 6.45) is 2.36. The highest BCUT2D eigenvalue weighted by atomic mass is 127. The molecule has 1 aliphatic rings. The van der Waals surface area contributed by atoms with Gasteiger partial charge in [0.05, 0.1) is 19.2 Å². The minimum Gasteiger partial charge on any atom is -0.491 e. The molecule has 1 aromatic carbocycles. The molecule has 2 aromatic rings. The summed E-state index contributed by atoms with van der Waals surface area (Å²) in [5.41, 5.74) is 2.20. The predicted octanol–water partition coefficient (Wildman–Crippen LogP) is 3.12. The number of nitrogens with one attached hydrogen (secondary N) is 2. The van der Waals surface area contributed by atoms with Crippen molar-refractivity contribution in [1.82, 2.24) is 20.8 Å². The molecule has 0 amide bonds. The second-order valence-electron chi connectivity index (χ2n) is 6.84. The van der Waals surface area contributed by atoms with Crippen LogP contribution in [0.1, 0.15) is 42.6 Å². The van der Waals surface area contributed by atoms with Gasteiger partial charge in [0, 0.05) is 25.6 Å². The summed E-state index contributed by atoms with van der Waals surface area (Å²) >= 11 is 0. The van der Waals surface area contributed by atoms with Gasteiger partial charge in [0.15, 0.2) is 11.8 Å². The molecule has 1 atom stereocenters. The molecule has 0 spiro atoms. The molecule has 160 valence electrons. The molecule has 0 radical (unpaired) electrons.